The second-order valence-electron chi connectivity index (χ2n) is 11.3. The normalized spacial score (nSPS) is 30.8. The molecular formula is C28H35N3O6. The first-order valence-corrected chi connectivity index (χ1v) is 13.4. The number of piperidine rings is 1. The second-order valence-corrected chi connectivity index (χ2v) is 11.3. The van der Waals surface area contributed by atoms with Crippen molar-refractivity contribution in [3.05, 3.63) is 45.7 Å². The van der Waals surface area contributed by atoms with Crippen LogP contribution in [0.15, 0.2) is 23.4 Å². The topological polar surface area (TPSA) is 99.6 Å². The van der Waals surface area contributed by atoms with Crippen LogP contribution in [0.5, 0.6) is 0 Å². The van der Waals surface area contributed by atoms with E-state index in [0.29, 0.717) is 24.2 Å². The Bertz CT molecular complexity index is 1190. The van der Waals surface area contributed by atoms with E-state index in [1.807, 2.05) is 13.0 Å². The van der Waals surface area contributed by atoms with Gasteiger partial charge in [0.25, 0.3) is 0 Å². The van der Waals surface area contributed by atoms with E-state index in [-0.39, 0.29) is 43.1 Å². The van der Waals surface area contributed by atoms with Crippen molar-refractivity contribution in [2.45, 2.75) is 64.8 Å². The highest BCUT2D eigenvalue weighted by Crippen LogP contribution is 2.49. The number of nitrogens with zero attached hydrogens (tertiary/aromatic N) is 3. The Morgan fingerprint density at radius 1 is 1.05 bits per heavy atom. The molecule has 5 aliphatic heterocycles. The Morgan fingerprint density at radius 3 is 2.41 bits per heavy atom. The lowest BCUT2D eigenvalue weighted by Gasteiger charge is -2.55. The third-order valence-corrected chi connectivity index (χ3v) is 9.44. The zero-order valence-electron chi connectivity index (χ0n) is 21.8. The Hall–Kier alpha value is -2.75. The maximum absolute atomic E-state index is 13.8. The van der Waals surface area contributed by atoms with Gasteiger partial charge in [0.05, 0.1) is 28.4 Å². The molecule has 1 spiro atoms. The van der Waals surface area contributed by atoms with Gasteiger partial charge in [-0.1, -0.05) is 13.0 Å². The average Bonchev–Trinajstić information content (AvgIpc) is 3.51. The van der Waals surface area contributed by atoms with Gasteiger partial charge in [-0.3, -0.25) is 9.69 Å². The van der Waals surface area contributed by atoms with Crippen molar-refractivity contribution in [2.24, 2.45) is 5.41 Å². The fraction of sp³-hybridized carbons (Fsp3) is 0.607. The number of likely N-dealkylation sites (tertiary alicyclic amines) is 2. The molecule has 198 valence electrons. The van der Waals surface area contributed by atoms with Gasteiger partial charge in [-0.25, -0.2) is 9.59 Å². The molecule has 37 heavy (non-hydrogen) atoms. The van der Waals surface area contributed by atoms with Crippen LogP contribution < -0.4 is 0 Å². The summed E-state index contributed by atoms with van der Waals surface area (Å²) >= 11 is 0. The molecule has 5 aliphatic rings. The molecule has 6 rings (SSSR count). The summed E-state index contributed by atoms with van der Waals surface area (Å²) in [5.74, 6) is -0.510. The van der Waals surface area contributed by atoms with Crippen molar-refractivity contribution < 1.29 is 29.0 Å². The number of amides is 1. The van der Waals surface area contributed by atoms with Gasteiger partial charge in [-0.15, -0.1) is 0 Å². The van der Waals surface area contributed by atoms with E-state index in [2.05, 4.69) is 16.7 Å². The molecule has 2 bridgehead atoms. The molecule has 9 heteroatoms. The van der Waals surface area contributed by atoms with Gasteiger partial charge in [0, 0.05) is 43.8 Å². The van der Waals surface area contributed by atoms with Crippen molar-refractivity contribution in [3.8, 4) is 0 Å². The molecule has 1 unspecified atom stereocenters. The highest BCUT2D eigenvalue weighted by Gasteiger charge is 2.56. The van der Waals surface area contributed by atoms with Crippen LogP contribution >= 0.6 is 0 Å². The van der Waals surface area contributed by atoms with Crippen molar-refractivity contribution in [3.63, 3.8) is 0 Å². The second kappa shape index (κ2) is 8.92. The van der Waals surface area contributed by atoms with Gasteiger partial charge >= 0.3 is 11.9 Å². The Morgan fingerprint density at radius 2 is 1.76 bits per heavy atom. The van der Waals surface area contributed by atoms with Crippen LogP contribution in [0.4, 0.5) is 0 Å². The lowest BCUT2D eigenvalue weighted by molar-refractivity contribution is -0.144. The zero-order valence-corrected chi connectivity index (χ0v) is 21.8. The summed E-state index contributed by atoms with van der Waals surface area (Å²) in [6.07, 6.45) is 1.58. The SMILES string of the molecule is CCN1C[C@@H]2CC3(CCN(C4=C(C)C(=O)OC4)C3=O)C[C@H](C1)N2C[C@H](O)c1ccc2c(c1C)COC2=O. The summed E-state index contributed by atoms with van der Waals surface area (Å²) in [6, 6.07) is 3.93. The van der Waals surface area contributed by atoms with E-state index < -0.39 is 11.5 Å². The molecule has 4 atom stereocenters. The zero-order chi connectivity index (χ0) is 26.1. The number of benzene rings is 1. The van der Waals surface area contributed by atoms with Crippen LogP contribution in [0.1, 0.15) is 66.3 Å². The molecule has 0 radical (unpaired) electrons. The summed E-state index contributed by atoms with van der Waals surface area (Å²) in [4.78, 5) is 44.4. The average molecular weight is 510 g/mol. The summed E-state index contributed by atoms with van der Waals surface area (Å²) in [6.45, 7) is 10.1. The van der Waals surface area contributed by atoms with Gasteiger partial charge in [-0.05, 0) is 56.8 Å². The number of piperazine rings is 1. The van der Waals surface area contributed by atoms with E-state index in [0.717, 1.165) is 61.3 Å². The number of hydrogen-bond acceptors (Lipinski definition) is 8. The highest BCUT2D eigenvalue weighted by atomic mass is 16.5. The van der Waals surface area contributed by atoms with Crippen molar-refractivity contribution >= 4 is 17.8 Å². The molecule has 5 heterocycles. The molecular weight excluding hydrogens is 474 g/mol. The number of carbonyl (C=O) groups is 3. The fourth-order valence-electron chi connectivity index (χ4n) is 7.32. The van der Waals surface area contributed by atoms with E-state index in [1.54, 1.807) is 17.9 Å². The third kappa shape index (κ3) is 3.82. The molecule has 0 saturated carbocycles. The summed E-state index contributed by atoms with van der Waals surface area (Å²) in [7, 11) is 0. The Labute approximate surface area is 217 Å². The number of cyclic esters (lactones) is 2. The van der Waals surface area contributed by atoms with Gasteiger partial charge in [0.1, 0.15) is 13.2 Å². The lowest BCUT2D eigenvalue weighted by Crippen LogP contribution is -2.65. The van der Waals surface area contributed by atoms with Gasteiger partial charge < -0.3 is 24.4 Å². The third-order valence-electron chi connectivity index (χ3n) is 9.44. The standard InChI is InChI=1S/C28H35N3O6/c1-4-29-11-18-9-28(7-8-30(27(28)35)23-15-37-25(33)17(23)3)10-19(12-29)31(18)13-24(32)20-5-6-21-22(16(20)2)14-36-26(21)34/h5-6,18-19,24,32H,4,7-15H2,1-3H3/t18-,19+,24-,28?/m0/s1. The molecule has 0 aromatic heterocycles. The van der Waals surface area contributed by atoms with Crippen LogP contribution in [0.2, 0.25) is 0 Å². The first-order valence-electron chi connectivity index (χ1n) is 13.4. The molecule has 3 saturated heterocycles. The predicted octanol–water partition coefficient (Wildman–Crippen LogP) is 1.92. The monoisotopic (exact) mass is 509 g/mol. The number of hydrogen-bond donors (Lipinski definition) is 1. The first-order chi connectivity index (χ1) is 17.7. The molecule has 1 N–H and O–H groups in total. The molecule has 3 fully saturated rings. The number of fused-ring (bicyclic) bond motifs is 3. The number of aliphatic hydroxyl groups excluding tert-OH is 1. The summed E-state index contributed by atoms with van der Waals surface area (Å²) < 4.78 is 10.4. The van der Waals surface area contributed by atoms with Crippen molar-refractivity contribution in [1.82, 2.24) is 14.7 Å². The quantitative estimate of drug-likeness (QED) is 0.601. The number of likely N-dealkylation sites (N-methyl/N-ethyl adjacent to an activating group) is 1. The number of rotatable bonds is 5. The lowest BCUT2D eigenvalue weighted by atomic mass is 9.69. The van der Waals surface area contributed by atoms with Crippen LogP contribution in [-0.4, -0.2) is 89.1 Å². The van der Waals surface area contributed by atoms with Crippen LogP contribution in [0.3, 0.4) is 0 Å². The Kier molecular flexibility index (Phi) is 5.93. The maximum Gasteiger partial charge on any atom is 0.338 e. The largest absolute Gasteiger partial charge is 0.457 e. The Balaban J connectivity index is 1.23. The number of ether oxygens (including phenoxy) is 2. The first kappa shape index (κ1) is 24.6. The van der Waals surface area contributed by atoms with Gasteiger partial charge in [0.2, 0.25) is 5.91 Å². The van der Waals surface area contributed by atoms with E-state index in [4.69, 9.17) is 9.47 Å². The summed E-state index contributed by atoms with van der Waals surface area (Å²) in [5.41, 5.74) is 4.04. The van der Waals surface area contributed by atoms with Crippen LogP contribution in [0.25, 0.3) is 0 Å². The van der Waals surface area contributed by atoms with E-state index in [9.17, 15) is 19.5 Å². The molecule has 1 aromatic carbocycles. The van der Waals surface area contributed by atoms with Crippen molar-refractivity contribution in [1.29, 1.82) is 0 Å². The minimum atomic E-state index is -0.696. The fourth-order valence-corrected chi connectivity index (χ4v) is 7.32. The maximum atomic E-state index is 13.8. The van der Waals surface area contributed by atoms with E-state index in [1.165, 1.54) is 0 Å². The highest BCUT2D eigenvalue weighted by molar-refractivity contribution is 5.94. The molecule has 0 aliphatic carbocycles. The molecule has 1 amide bonds. The predicted molar refractivity (Wildman–Crippen MR) is 133 cm³/mol. The molecule has 1 aromatic rings. The number of aliphatic hydroxyl groups is 1. The van der Waals surface area contributed by atoms with E-state index >= 15 is 0 Å². The van der Waals surface area contributed by atoms with Gasteiger partial charge in [-0.2, -0.15) is 0 Å². The number of carbonyl (C=O) groups excluding carboxylic acids is 3. The smallest absolute Gasteiger partial charge is 0.338 e. The van der Waals surface area contributed by atoms with Crippen molar-refractivity contribution in [2.75, 3.05) is 39.3 Å². The summed E-state index contributed by atoms with van der Waals surface area (Å²) in [5, 5.41) is 11.4. The molecule has 9 nitrogen and oxygen atoms in total. The minimum absolute atomic E-state index is 0.124. The van der Waals surface area contributed by atoms with Crippen LogP contribution in [0, 0.1) is 12.3 Å². The van der Waals surface area contributed by atoms with Gasteiger partial charge in [0.15, 0.2) is 0 Å². The number of esters is 2. The minimum Gasteiger partial charge on any atom is -0.457 e. The van der Waals surface area contributed by atoms with Crippen LogP contribution in [-0.2, 0) is 25.7 Å².